The first-order valence-corrected chi connectivity index (χ1v) is 6.03. The largest absolute Gasteiger partial charge is 0.494 e. The summed E-state index contributed by atoms with van der Waals surface area (Å²) in [5.74, 6) is 2.48. The van der Waals surface area contributed by atoms with Crippen molar-refractivity contribution in [2.75, 3.05) is 6.61 Å². The van der Waals surface area contributed by atoms with Crippen molar-refractivity contribution in [2.24, 2.45) is 12.8 Å². The zero-order valence-corrected chi connectivity index (χ0v) is 10.8. The maximum absolute atomic E-state index is 5.57. The van der Waals surface area contributed by atoms with Gasteiger partial charge in [0, 0.05) is 13.5 Å². The minimum absolute atomic E-state index is 0.410. The van der Waals surface area contributed by atoms with Crippen LogP contribution in [0.25, 0.3) is 0 Å². The van der Waals surface area contributed by atoms with Crippen LogP contribution in [0.1, 0.15) is 24.1 Å². The number of aryl methyl sites for hydroxylation is 1. The standard InChI is InChI=1S/C13H18N4O/c1-3-18-11-6-4-10(5-7-11)8-12-15-13(9-14)17(2)16-12/h4-7H,3,8-9,14H2,1-2H3. The van der Waals surface area contributed by atoms with Gasteiger partial charge in [0.1, 0.15) is 11.6 Å². The van der Waals surface area contributed by atoms with Crippen molar-refractivity contribution in [2.45, 2.75) is 19.9 Å². The van der Waals surface area contributed by atoms with Gasteiger partial charge in [-0.2, -0.15) is 5.10 Å². The van der Waals surface area contributed by atoms with E-state index in [0.29, 0.717) is 19.6 Å². The van der Waals surface area contributed by atoms with Crippen molar-refractivity contribution >= 4 is 0 Å². The summed E-state index contributed by atoms with van der Waals surface area (Å²) in [5.41, 5.74) is 6.73. The quantitative estimate of drug-likeness (QED) is 0.862. The molecular weight excluding hydrogens is 228 g/mol. The van der Waals surface area contributed by atoms with Gasteiger partial charge in [-0.15, -0.1) is 0 Å². The summed E-state index contributed by atoms with van der Waals surface area (Å²) in [6, 6.07) is 7.99. The second-order valence-corrected chi connectivity index (χ2v) is 4.03. The van der Waals surface area contributed by atoms with E-state index in [-0.39, 0.29) is 0 Å². The Morgan fingerprint density at radius 3 is 2.56 bits per heavy atom. The topological polar surface area (TPSA) is 66.0 Å². The lowest BCUT2D eigenvalue weighted by Crippen LogP contribution is -2.05. The van der Waals surface area contributed by atoms with E-state index in [1.54, 1.807) is 4.68 Å². The van der Waals surface area contributed by atoms with Crippen molar-refractivity contribution in [1.82, 2.24) is 14.8 Å². The fourth-order valence-electron chi connectivity index (χ4n) is 1.78. The summed E-state index contributed by atoms with van der Waals surface area (Å²) < 4.78 is 7.13. The maximum Gasteiger partial charge on any atom is 0.155 e. The first-order valence-electron chi connectivity index (χ1n) is 6.03. The monoisotopic (exact) mass is 246 g/mol. The highest BCUT2D eigenvalue weighted by Crippen LogP contribution is 2.14. The van der Waals surface area contributed by atoms with Crippen LogP contribution in [0.5, 0.6) is 5.75 Å². The highest BCUT2D eigenvalue weighted by atomic mass is 16.5. The van der Waals surface area contributed by atoms with Crippen molar-refractivity contribution in [3.8, 4) is 5.75 Å². The molecule has 1 heterocycles. The second-order valence-electron chi connectivity index (χ2n) is 4.03. The Balaban J connectivity index is 2.08. The lowest BCUT2D eigenvalue weighted by atomic mass is 10.1. The zero-order valence-electron chi connectivity index (χ0n) is 10.8. The third kappa shape index (κ3) is 2.87. The van der Waals surface area contributed by atoms with Crippen molar-refractivity contribution in [3.63, 3.8) is 0 Å². The summed E-state index contributed by atoms with van der Waals surface area (Å²) in [4.78, 5) is 4.38. The summed E-state index contributed by atoms with van der Waals surface area (Å²) in [6.07, 6.45) is 0.709. The van der Waals surface area contributed by atoms with Gasteiger partial charge in [-0.3, -0.25) is 4.68 Å². The van der Waals surface area contributed by atoms with E-state index < -0.39 is 0 Å². The number of hydrogen-bond donors (Lipinski definition) is 1. The van der Waals surface area contributed by atoms with Gasteiger partial charge in [0.15, 0.2) is 5.82 Å². The van der Waals surface area contributed by atoms with E-state index in [2.05, 4.69) is 10.1 Å². The zero-order chi connectivity index (χ0) is 13.0. The average Bonchev–Trinajstić information content (AvgIpc) is 2.72. The molecule has 2 N–H and O–H groups in total. The highest BCUT2D eigenvalue weighted by Gasteiger charge is 2.06. The molecule has 5 heteroatoms. The molecule has 0 saturated carbocycles. The molecule has 0 unspecified atom stereocenters. The molecule has 0 atom stereocenters. The van der Waals surface area contributed by atoms with Gasteiger partial charge < -0.3 is 10.5 Å². The molecule has 0 amide bonds. The van der Waals surface area contributed by atoms with Crippen LogP contribution in [0.4, 0.5) is 0 Å². The Morgan fingerprint density at radius 2 is 2.00 bits per heavy atom. The summed E-state index contributed by atoms with van der Waals surface area (Å²) in [6.45, 7) is 3.06. The number of rotatable bonds is 5. The van der Waals surface area contributed by atoms with E-state index in [4.69, 9.17) is 10.5 Å². The molecule has 5 nitrogen and oxygen atoms in total. The normalized spacial score (nSPS) is 10.6. The lowest BCUT2D eigenvalue weighted by Gasteiger charge is -2.03. The fraction of sp³-hybridized carbons (Fsp3) is 0.385. The second kappa shape index (κ2) is 5.64. The molecule has 0 fully saturated rings. The number of hydrogen-bond acceptors (Lipinski definition) is 4. The molecule has 1 aromatic carbocycles. The predicted molar refractivity (Wildman–Crippen MR) is 69.3 cm³/mol. The SMILES string of the molecule is CCOc1ccc(Cc2nc(CN)n(C)n2)cc1. The number of nitrogens with two attached hydrogens (primary N) is 1. The van der Waals surface area contributed by atoms with E-state index in [0.717, 1.165) is 23.0 Å². The Hall–Kier alpha value is -1.88. The van der Waals surface area contributed by atoms with Gasteiger partial charge in [-0.05, 0) is 24.6 Å². The minimum Gasteiger partial charge on any atom is -0.494 e. The van der Waals surface area contributed by atoms with Crippen LogP contribution in [0.2, 0.25) is 0 Å². The molecule has 2 aromatic rings. The number of benzene rings is 1. The summed E-state index contributed by atoms with van der Waals surface area (Å²) in [7, 11) is 1.86. The number of nitrogens with zero attached hydrogens (tertiary/aromatic N) is 3. The molecule has 18 heavy (non-hydrogen) atoms. The lowest BCUT2D eigenvalue weighted by molar-refractivity contribution is 0.340. The molecular formula is C13H18N4O. The highest BCUT2D eigenvalue weighted by molar-refractivity contribution is 5.28. The first-order chi connectivity index (χ1) is 8.72. The molecule has 0 spiro atoms. The van der Waals surface area contributed by atoms with Crippen LogP contribution in [0, 0.1) is 0 Å². The van der Waals surface area contributed by atoms with Gasteiger partial charge in [0.25, 0.3) is 0 Å². The first kappa shape index (κ1) is 12.6. The van der Waals surface area contributed by atoms with Crippen LogP contribution in [-0.4, -0.2) is 21.4 Å². The van der Waals surface area contributed by atoms with Crippen LogP contribution < -0.4 is 10.5 Å². The molecule has 1 aromatic heterocycles. The van der Waals surface area contributed by atoms with E-state index in [1.165, 1.54) is 0 Å². The smallest absolute Gasteiger partial charge is 0.155 e. The molecule has 0 radical (unpaired) electrons. The molecule has 0 aliphatic carbocycles. The predicted octanol–water partition coefficient (Wildman–Crippen LogP) is 1.26. The number of ether oxygens (including phenoxy) is 1. The van der Waals surface area contributed by atoms with E-state index >= 15 is 0 Å². The third-order valence-corrected chi connectivity index (χ3v) is 2.68. The van der Waals surface area contributed by atoms with Crippen LogP contribution in [0.15, 0.2) is 24.3 Å². The Morgan fingerprint density at radius 1 is 1.28 bits per heavy atom. The Bertz CT molecular complexity index is 504. The van der Waals surface area contributed by atoms with Crippen LogP contribution in [-0.2, 0) is 20.0 Å². The maximum atomic E-state index is 5.57. The summed E-state index contributed by atoms with van der Waals surface area (Å²) >= 11 is 0. The van der Waals surface area contributed by atoms with Gasteiger partial charge in [0.05, 0.1) is 13.2 Å². The molecule has 96 valence electrons. The molecule has 0 aliphatic heterocycles. The molecule has 0 bridgehead atoms. The Kier molecular flexibility index (Phi) is 3.94. The fourth-order valence-corrected chi connectivity index (χ4v) is 1.78. The van der Waals surface area contributed by atoms with Gasteiger partial charge >= 0.3 is 0 Å². The van der Waals surface area contributed by atoms with Gasteiger partial charge in [-0.25, -0.2) is 4.98 Å². The average molecular weight is 246 g/mol. The molecule has 0 saturated heterocycles. The van der Waals surface area contributed by atoms with E-state index in [9.17, 15) is 0 Å². The van der Waals surface area contributed by atoms with Crippen molar-refractivity contribution in [1.29, 1.82) is 0 Å². The number of aromatic nitrogens is 3. The van der Waals surface area contributed by atoms with Crippen LogP contribution in [0.3, 0.4) is 0 Å². The van der Waals surface area contributed by atoms with Crippen LogP contribution >= 0.6 is 0 Å². The van der Waals surface area contributed by atoms with Crippen molar-refractivity contribution < 1.29 is 4.74 Å². The molecule has 0 aliphatic rings. The third-order valence-electron chi connectivity index (χ3n) is 2.68. The van der Waals surface area contributed by atoms with Gasteiger partial charge in [-0.1, -0.05) is 12.1 Å². The molecule has 2 rings (SSSR count). The Labute approximate surface area is 107 Å². The van der Waals surface area contributed by atoms with E-state index in [1.807, 2.05) is 38.2 Å². The van der Waals surface area contributed by atoms with Gasteiger partial charge in [0.2, 0.25) is 0 Å². The minimum atomic E-state index is 0.410. The summed E-state index contributed by atoms with van der Waals surface area (Å²) in [5, 5.41) is 4.33. The van der Waals surface area contributed by atoms with Crippen molar-refractivity contribution in [3.05, 3.63) is 41.5 Å².